The van der Waals surface area contributed by atoms with Crippen LogP contribution in [0.15, 0.2) is 24.3 Å². The lowest BCUT2D eigenvalue weighted by Gasteiger charge is -2.37. The van der Waals surface area contributed by atoms with Gasteiger partial charge in [-0.05, 0) is 55.3 Å². The van der Waals surface area contributed by atoms with E-state index in [2.05, 4.69) is 50.0 Å². The van der Waals surface area contributed by atoms with Gasteiger partial charge in [0.15, 0.2) is 0 Å². The summed E-state index contributed by atoms with van der Waals surface area (Å²) >= 11 is 0. The van der Waals surface area contributed by atoms with Gasteiger partial charge in [0.25, 0.3) is 0 Å². The van der Waals surface area contributed by atoms with E-state index in [4.69, 9.17) is 0 Å². The van der Waals surface area contributed by atoms with Gasteiger partial charge in [0.2, 0.25) is 11.8 Å². The number of rotatable bonds is 4. The molecule has 5 heteroatoms. The van der Waals surface area contributed by atoms with Crippen molar-refractivity contribution in [2.75, 3.05) is 38.0 Å². The Bertz CT molecular complexity index is 692. The molecule has 2 amide bonds. The van der Waals surface area contributed by atoms with E-state index in [1.165, 1.54) is 5.56 Å². The Morgan fingerprint density at radius 1 is 0.931 bits per heavy atom. The van der Waals surface area contributed by atoms with Crippen LogP contribution >= 0.6 is 0 Å². The third kappa shape index (κ3) is 5.59. The van der Waals surface area contributed by atoms with Crippen molar-refractivity contribution < 1.29 is 9.59 Å². The van der Waals surface area contributed by atoms with Gasteiger partial charge in [-0.15, -0.1) is 0 Å². The number of amides is 2. The quantitative estimate of drug-likeness (QED) is 0.836. The first kappa shape index (κ1) is 21.8. The van der Waals surface area contributed by atoms with Crippen molar-refractivity contribution in [3.05, 3.63) is 29.8 Å². The average Bonchev–Trinajstić information content (AvgIpc) is 2.73. The summed E-state index contributed by atoms with van der Waals surface area (Å²) in [5, 5.41) is 3.07. The van der Waals surface area contributed by atoms with Gasteiger partial charge in [-0.1, -0.05) is 39.8 Å². The largest absolute Gasteiger partial charge is 0.340 e. The van der Waals surface area contributed by atoms with Gasteiger partial charge in [-0.25, -0.2) is 0 Å². The van der Waals surface area contributed by atoms with E-state index in [1.807, 2.05) is 17.0 Å². The Labute approximate surface area is 175 Å². The fourth-order valence-electron chi connectivity index (χ4n) is 4.44. The Balaban J connectivity index is 1.46. The third-order valence-corrected chi connectivity index (χ3v) is 6.60. The van der Waals surface area contributed by atoms with E-state index in [0.29, 0.717) is 5.91 Å². The summed E-state index contributed by atoms with van der Waals surface area (Å²) in [5.74, 6) is 0.505. The van der Waals surface area contributed by atoms with Crippen LogP contribution in [0.2, 0.25) is 0 Å². The Kier molecular flexibility index (Phi) is 6.99. The van der Waals surface area contributed by atoms with Crippen LogP contribution < -0.4 is 5.32 Å². The van der Waals surface area contributed by atoms with Gasteiger partial charge in [-0.3, -0.25) is 9.59 Å². The maximum atomic E-state index is 12.8. The fourth-order valence-corrected chi connectivity index (χ4v) is 4.44. The molecule has 29 heavy (non-hydrogen) atoms. The van der Waals surface area contributed by atoms with Gasteiger partial charge < -0.3 is 15.1 Å². The molecule has 0 atom stereocenters. The molecule has 1 aromatic carbocycles. The van der Waals surface area contributed by atoms with Crippen LogP contribution in [0.1, 0.15) is 58.9 Å². The zero-order valence-corrected chi connectivity index (χ0v) is 18.5. The first-order chi connectivity index (χ1) is 13.8. The van der Waals surface area contributed by atoms with E-state index in [-0.39, 0.29) is 23.2 Å². The first-order valence-electron chi connectivity index (χ1n) is 11.2. The van der Waals surface area contributed by atoms with Crippen molar-refractivity contribution in [1.29, 1.82) is 0 Å². The van der Waals surface area contributed by atoms with Crippen molar-refractivity contribution in [3.8, 4) is 0 Å². The third-order valence-electron chi connectivity index (χ3n) is 6.60. The summed E-state index contributed by atoms with van der Waals surface area (Å²) in [6.07, 6.45) is 3.26. The highest BCUT2D eigenvalue weighted by atomic mass is 16.2. The Morgan fingerprint density at radius 3 is 2.00 bits per heavy atom. The van der Waals surface area contributed by atoms with E-state index in [1.54, 1.807) is 0 Å². The van der Waals surface area contributed by atoms with E-state index < -0.39 is 0 Å². The molecule has 1 aliphatic heterocycles. The molecule has 0 unspecified atom stereocenters. The number of likely N-dealkylation sites (N-methyl/N-ethyl adjacent to an activating group) is 1. The summed E-state index contributed by atoms with van der Waals surface area (Å²) in [6, 6.07) is 8.15. The Morgan fingerprint density at radius 2 is 1.48 bits per heavy atom. The monoisotopic (exact) mass is 399 g/mol. The number of carbonyl (C=O) groups is 2. The second-order valence-electron chi connectivity index (χ2n) is 9.62. The predicted molar refractivity (Wildman–Crippen MR) is 118 cm³/mol. The topological polar surface area (TPSA) is 52.7 Å². The molecule has 2 aliphatic rings. The molecular weight excluding hydrogens is 362 g/mol. The Hall–Kier alpha value is -1.88. The van der Waals surface area contributed by atoms with Crippen LogP contribution in [0, 0.1) is 11.8 Å². The summed E-state index contributed by atoms with van der Waals surface area (Å²) in [6.45, 7) is 13.4. The minimum atomic E-state index is 0.0123. The number of nitrogens with zero attached hydrogens (tertiary/aromatic N) is 2. The van der Waals surface area contributed by atoms with Gasteiger partial charge in [0, 0.05) is 43.7 Å². The second-order valence-corrected chi connectivity index (χ2v) is 9.62. The van der Waals surface area contributed by atoms with E-state index in [0.717, 1.165) is 64.1 Å². The normalized spacial score (nSPS) is 23.7. The molecule has 2 fully saturated rings. The number of carbonyl (C=O) groups excluding carboxylic acids is 2. The van der Waals surface area contributed by atoms with Crippen LogP contribution in [0.25, 0.3) is 0 Å². The van der Waals surface area contributed by atoms with Gasteiger partial charge in [0.05, 0.1) is 0 Å². The van der Waals surface area contributed by atoms with Crippen LogP contribution in [0.5, 0.6) is 0 Å². The van der Waals surface area contributed by atoms with Gasteiger partial charge >= 0.3 is 0 Å². The van der Waals surface area contributed by atoms with Crippen LogP contribution in [0.3, 0.4) is 0 Å². The van der Waals surface area contributed by atoms with Crippen molar-refractivity contribution in [3.63, 3.8) is 0 Å². The molecule has 0 aromatic heterocycles. The van der Waals surface area contributed by atoms with E-state index in [9.17, 15) is 9.59 Å². The molecule has 0 bridgehead atoms. The number of nitrogens with one attached hydrogen (secondary N) is 1. The van der Waals surface area contributed by atoms with Crippen LogP contribution in [-0.2, 0) is 15.0 Å². The van der Waals surface area contributed by atoms with Crippen molar-refractivity contribution >= 4 is 17.5 Å². The molecule has 1 aliphatic carbocycles. The lowest BCUT2D eigenvalue weighted by atomic mass is 9.80. The molecule has 1 saturated heterocycles. The predicted octanol–water partition coefficient (Wildman–Crippen LogP) is 3.89. The molecule has 3 rings (SSSR count). The number of anilines is 1. The molecule has 160 valence electrons. The number of hydrogen-bond donors (Lipinski definition) is 1. The minimum Gasteiger partial charge on any atom is -0.340 e. The highest BCUT2D eigenvalue weighted by Gasteiger charge is 2.33. The number of piperazine rings is 1. The fraction of sp³-hybridized carbons (Fsp3) is 0.667. The SMILES string of the molecule is CCN1CCN(C(=O)C2CCC(C(=O)Nc3ccc(C(C)(C)C)cc3)CC2)CC1. The van der Waals surface area contributed by atoms with Gasteiger partial charge in [-0.2, -0.15) is 0 Å². The molecule has 1 saturated carbocycles. The highest BCUT2D eigenvalue weighted by molar-refractivity contribution is 5.92. The lowest BCUT2D eigenvalue weighted by molar-refractivity contribution is -0.139. The molecule has 5 nitrogen and oxygen atoms in total. The summed E-state index contributed by atoms with van der Waals surface area (Å²) in [5.41, 5.74) is 2.22. The average molecular weight is 400 g/mol. The standard InChI is InChI=1S/C24H37N3O2/c1-5-26-14-16-27(17-15-26)23(29)19-8-6-18(7-9-19)22(28)25-21-12-10-20(11-13-21)24(2,3)4/h10-13,18-19H,5-9,14-17H2,1-4H3,(H,25,28). The zero-order chi connectivity index (χ0) is 21.0. The zero-order valence-electron chi connectivity index (χ0n) is 18.5. The van der Waals surface area contributed by atoms with Crippen LogP contribution in [0.4, 0.5) is 5.69 Å². The summed E-state index contributed by atoms with van der Waals surface area (Å²) < 4.78 is 0. The maximum Gasteiger partial charge on any atom is 0.227 e. The number of hydrogen-bond acceptors (Lipinski definition) is 3. The lowest BCUT2D eigenvalue weighted by Crippen LogP contribution is -2.50. The minimum absolute atomic E-state index is 0.0123. The maximum absolute atomic E-state index is 12.8. The van der Waals surface area contributed by atoms with Crippen molar-refractivity contribution in [2.45, 2.75) is 58.8 Å². The summed E-state index contributed by atoms with van der Waals surface area (Å²) in [7, 11) is 0. The highest BCUT2D eigenvalue weighted by Crippen LogP contribution is 2.31. The molecule has 1 aromatic rings. The van der Waals surface area contributed by atoms with E-state index >= 15 is 0 Å². The molecule has 1 N–H and O–H groups in total. The van der Waals surface area contributed by atoms with Gasteiger partial charge in [0.1, 0.15) is 0 Å². The second kappa shape index (κ2) is 9.29. The van der Waals surface area contributed by atoms with Crippen LogP contribution in [-0.4, -0.2) is 54.3 Å². The number of benzene rings is 1. The molecule has 0 radical (unpaired) electrons. The smallest absolute Gasteiger partial charge is 0.227 e. The van der Waals surface area contributed by atoms with Crippen molar-refractivity contribution in [1.82, 2.24) is 9.80 Å². The molecule has 0 spiro atoms. The summed E-state index contributed by atoms with van der Waals surface area (Å²) in [4.78, 5) is 29.9. The molecular formula is C24H37N3O2. The first-order valence-corrected chi connectivity index (χ1v) is 11.2. The molecule has 1 heterocycles. The van der Waals surface area contributed by atoms with Crippen molar-refractivity contribution in [2.24, 2.45) is 11.8 Å².